The fraction of sp³-hybridized carbons (Fsp3) is 0.364. The number of anilines is 1. The number of aromatic amines is 1. The molecule has 0 atom stereocenters. The Morgan fingerprint density at radius 3 is 2.57 bits per heavy atom. The molecular weight excluding hydrogens is 388 g/mol. The van der Waals surface area contributed by atoms with Gasteiger partial charge in [0.1, 0.15) is 11.3 Å². The van der Waals surface area contributed by atoms with Crippen LogP contribution in [0.3, 0.4) is 0 Å². The number of benzene rings is 1. The fourth-order valence-electron chi connectivity index (χ4n) is 4.16. The van der Waals surface area contributed by atoms with E-state index in [2.05, 4.69) is 48.0 Å². The van der Waals surface area contributed by atoms with E-state index in [9.17, 15) is 0 Å². The SMILES string of the molecule is Cc1ccc2sc(-c3cc4nc(C)nc(N5CCCCC5)c4[nH]3)c(C)c2c1.Cl. The first-order valence-corrected chi connectivity index (χ1v) is 10.5. The Morgan fingerprint density at radius 1 is 1.00 bits per heavy atom. The Morgan fingerprint density at radius 2 is 1.79 bits per heavy atom. The van der Waals surface area contributed by atoms with Crippen molar-refractivity contribution in [3.05, 3.63) is 41.2 Å². The smallest absolute Gasteiger partial charge is 0.156 e. The molecule has 4 nitrogen and oxygen atoms in total. The number of hydrogen-bond acceptors (Lipinski definition) is 4. The fourth-order valence-corrected chi connectivity index (χ4v) is 5.32. The summed E-state index contributed by atoms with van der Waals surface area (Å²) in [7, 11) is 0. The van der Waals surface area contributed by atoms with Crippen LogP contribution < -0.4 is 4.90 Å². The van der Waals surface area contributed by atoms with Crippen LogP contribution in [0.1, 0.15) is 36.2 Å². The molecule has 5 rings (SSSR count). The van der Waals surface area contributed by atoms with Gasteiger partial charge in [0.25, 0.3) is 0 Å². The van der Waals surface area contributed by atoms with E-state index in [1.807, 2.05) is 18.3 Å². The predicted molar refractivity (Wildman–Crippen MR) is 122 cm³/mol. The van der Waals surface area contributed by atoms with Crippen molar-refractivity contribution in [2.75, 3.05) is 18.0 Å². The van der Waals surface area contributed by atoms with E-state index in [1.54, 1.807) is 0 Å². The van der Waals surface area contributed by atoms with Crippen molar-refractivity contribution in [3.63, 3.8) is 0 Å². The lowest BCUT2D eigenvalue weighted by Crippen LogP contribution is -2.30. The van der Waals surface area contributed by atoms with Crippen LogP contribution in [-0.4, -0.2) is 28.0 Å². The summed E-state index contributed by atoms with van der Waals surface area (Å²) >= 11 is 1.85. The molecule has 1 saturated heterocycles. The summed E-state index contributed by atoms with van der Waals surface area (Å²) in [6.07, 6.45) is 3.81. The molecule has 146 valence electrons. The minimum atomic E-state index is 0. The summed E-state index contributed by atoms with van der Waals surface area (Å²) in [6, 6.07) is 8.91. The largest absolute Gasteiger partial charge is 0.355 e. The van der Waals surface area contributed by atoms with Gasteiger partial charge < -0.3 is 9.88 Å². The van der Waals surface area contributed by atoms with Crippen LogP contribution in [0.5, 0.6) is 0 Å². The minimum absolute atomic E-state index is 0. The molecule has 4 aromatic rings. The molecule has 1 fully saturated rings. The number of nitrogens with one attached hydrogen (secondary N) is 1. The summed E-state index contributed by atoms with van der Waals surface area (Å²) in [5.41, 5.74) is 5.89. The molecular formula is C22H25ClN4S. The normalized spacial score (nSPS) is 14.6. The molecule has 0 saturated carbocycles. The third-order valence-electron chi connectivity index (χ3n) is 5.56. The van der Waals surface area contributed by atoms with Crippen LogP contribution in [0.15, 0.2) is 24.3 Å². The van der Waals surface area contributed by atoms with E-state index in [0.29, 0.717) is 0 Å². The van der Waals surface area contributed by atoms with Crippen molar-refractivity contribution < 1.29 is 0 Å². The summed E-state index contributed by atoms with van der Waals surface area (Å²) in [5, 5.41) is 1.35. The van der Waals surface area contributed by atoms with Crippen molar-refractivity contribution in [1.29, 1.82) is 0 Å². The molecule has 1 aliphatic heterocycles. The van der Waals surface area contributed by atoms with E-state index < -0.39 is 0 Å². The number of rotatable bonds is 2. The average Bonchev–Trinajstić information content (AvgIpc) is 3.23. The maximum atomic E-state index is 4.80. The van der Waals surface area contributed by atoms with Crippen LogP contribution in [0.25, 0.3) is 31.7 Å². The maximum Gasteiger partial charge on any atom is 0.156 e. The van der Waals surface area contributed by atoms with Crippen LogP contribution >= 0.6 is 23.7 Å². The zero-order valence-corrected chi connectivity index (χ0v) is 18.1. The third-order valence-corrected chi connectivity index (χ3v) is 6.87. The van der Waals surface area contributed by atoms with Crippen LogP contribution in [0.2, 0.25) is 0 Å². The number of thiophene rings is 1. The van der Waals surface area contributed by atoms with Crippen molar-refractivity contribution in [1.82, 2.24) is 15.0 Å². The molecule has 0 spiro atoms. The van der Waals surface area contributed by atoms with Crippen molar-refractivity contribution >= 4 is 50.7 Å². The molecule has 1 aliphatic rings. The Bertz CT molecular complexity index is 1150. The zero-order valence-electron chi connectivity index (χ0n) is 16.5. The lowest BCUT2D eigenvalue weighted by molar-refractivity contribution is 0.574. The standard InChI is InChI=1S/C22H24N4S.ClH/c1-13-7-8-19-16(11-13)14(2)21(27-19)18-12-17-20(25-18)22(24-15(3)23-17)26-9-5-4-6-10-26;/h7-8,11-12,25H,4-6,9-10H2,1-3H3;1H. The Hall–Kier alpha value is -2.11. The third kappa shape index (κ3) is 3.16. The van der Waals surface area contributed by atoms with Crippen molar-refractivity contribution in [2.24, 2.45) is 0 Å². The first-order valence-electron chi connectivity index (χ1n) is 9.72. The Kier molecular flexibility index (Phi) is 5.06. The van der Waals surface area contributed by atoms with Gasteiger partial charge in [-0.3, -0.25) is 0 Å². The lowest BCUT2D eigenvalue weighted by atomic mass is 10.1. The van der Waals surface area contributed by atoms with Gasteiger partial charge in [-0.05, 0) is 63.1 Å². The van der Waals surface area contributed by atoms with Gasteiger partial charge in [0.05, 0.1) is 16.1 Å². The first-order chi connectivity index (χ1) is 13.1. The van der Waals surface area contributed by atoms with Gasteiger partial charge in [0.15, 0.2) is 5.82 Å². The second-order valence-electron chi connectivity index (χ2n) is 7.64. The highest BCUT2D eigenvalue weighted by Gasteiger charge is 2.20. The van der Waals surface area contributed by atoms with Crippen molar-refractivity contribution in [3.8, 4) is 10.6 Å². The van der Waals surface area contributed by atoms with Crippen LogP contribution in [-0.2, 0) is 0 Å². The lowest BCUT2D eigenvalue weighted by Gasteiger charge is -2.28. The summed E-state index contributed by atoms with van der Waals surface area (Å²) < 4.78 is 1.34. The van der Waals surface area contributed by atoms with Gasteiger partial charge in [-0.1, -0.05) is 17.7 Å². The second-order valence-corrected chi connectivity index (χ2v) is 8.69. The van der Waals surface area contributed by atoms with Gasteiger partial charge in [0.2, 0.25) is 0 Å². The summed E-state index contributed by atoms with van der Waals surface area (Å²) in [4.78, 5) is 16.9. The predicted octanol–water partition coefficient (Wildman–Crippen LogP) is 6.18. The number of hydrogen-bond donors (Lipinski definition) is 1. The number of H-pyrrole nitrogens is 1. The topological polar surface area (TPSA) is 44.8 Å². The van der Waals surface area contributed by atoms with E-state index in [4.69, 9.17) is 9.97 Å². The number of aryl methyl sites for hydroxylation is 3. The Labute approximate surface area is 175 Å². The summed E-state index contributed by atoms with van der Waals surface area (Å²) in [6.45, 7) is 8.54. The highest BCUT2D eigenvalue weighted by molar-refractivity contribution is 7.22. The quantitative estimate of drug-likeness (QED) is 0.427. The summed E-state index contributed by atoms with van der Waals surface area (Å²) in [5.74, 6) is 1.91. The van der Waals surface area contributed by atoms with E-state index >= 15 is 0 Å². The first kappa shape index (κ1) is 19.2. The molecule has 0 aliphatic carbocycles. The molecule has 28 heavy (non-hydrogen) atoms. The molecule has 1 N–H and O–H groups in total. The van der Waals surface area contributed by atoms with Gasteiger partial charge >= 0.3 is 0 Å². The molecule has 3 aromatic heterocycles. The number of piperidine rings is 1. The second kappa shape index (κ2) is 7.37. The molecule has 6 heteroatoms. The number of nitrogens with zero attached hydrogens (tertiary/aromatic N) is 3. The molecule has 1 aromatic carbocycles. The maximum absolute atomic E-state index is 4.80. The van der Waals surface area contributed by atoms with Gasteiger partial charge in [-0.15, -0.1) is 23.7 Å². The highest BCUT2D eigenvalue weighted by atomic mass is 35.5. The molecule has 4 heterocycles. The highest BCUT2D eigenvalue weighted by Crippen LogP contribution is 2.40. The average molecular weight is 413 g/mol. The minimum Gasteiger partial charge on any atom is -0.355 e. The molecule has 0 radical (unpaired) electrons. The van der Waals surface area contributed by atoms with Gasteiger partial charge in [-0.25, -0.2) is 9.97 Å². The molecule has 0 amide bonds. The zero-order chi connectivity index (χ0) is 18.5. The van der Waals surface area contributed by atoms with Crippen LogP contribution in [0, 0.1) is 20.8 Å². The Balaban J connectivity index is 0.00000192. The van der Waals surface area contributed by atoms with E-state index in [-0.39, 0.29) is 12.4 Å². The molecule has 0 bridgehead atoms. The number of halogens is 1. The monoisotopic (exact) mass is 412 g/mol. The van der Waals surface area contributed by atoms with Gasteiger partial charge in [0, 0.05) is 17.8 Å². The van der Waals surface area contributed by atoms with E-state index in [0.717, 1.165) is 41.5 Å². The van der Waals surface area contributed by atoms with E-state index in [1.165, 1.54) is 45.4 Å². The number of fused-ring (bicyclic) bond motifs is 2. The number of aromatic nitrogens is 3. The van der Waals surface area contributed by atoms with Gasteiger partial charge in [-0.2, -0.15) is 0 Å². The van der Waals surface area contributed by atoms with Crippen molar-refractivity contribution in [2.45, 2.75) is 40.0 Å². The van der Waals surface area contributed by atoms with Crippen LogP contribution in [0.4, 0.5) is 5.82 Å². The molecule has 0 unspecified atom stereocenters.